The third-order valence-corrected chi connectivity index (χ3v) is 2.18. The van der Waals surface area contributed by atoms with E-state index in [9.17, 15) is 4.79 Å². The van der Waals surface area contributed by atoms with Crippen molar-refractivity contribution < 1.29 is 14.6 Å². The number of carbonyl (C=O) groups is 1. The average molecular weight is 252 g/mol. The standard InChI is InChI=1S/C12H10ClNO3/c1-8(4-12(15)16)7-17-11-3-2-9(6-14)5-10(11)13/h2-5H,7H2,1H3,(H,15,16). The van der Waals surface area contributed by atoms with Gasteiger partial charge in [-0.1, -0.05) is 11.6 Å². The summed E-state index contributed by atoms with van der Waals surface area (Å²) in [4.78, 5) is 10.4. The van der Waals surface area contributed by atoms with E-state index in [2.05, 4.69) is 0 Å². The number of hydrogen-bond acceptors (Lipinski definition) is 3. The molecule has 0 fully saturated rings. The summed E-state index contributed by atoms with van der Waals surface area (Å²) in [7, 11) is 0. The Kier molecular flexibility index (Phi) is 4.56. The van der Waals surface area contributed by atoms with Crippen LogP contribution in [0.4, 0.5) is 0 Å². The molecule has 88 valence electrons. The van der Waals surface area contributed by atoms with E-state index in [1.165, 1.54) is 6.07 Å². The zero-order valence-electron chi connectivity index (χ0n) is 9.11. The Labute approximate surface area is 104 Å². The molecule has 17 heavy (non-hydrogen) atoms. The molecule has 4 nitrogen and oxygen atoms in total. The van der Waals surface area contributed by atoms with E-state index in [0.29, 0.717) is 21.9 Å². The maximum absolute atomic E-state index is 10.4. The smallest absolute Gasteiger partial charge is 0.328 e. The van der Waals surface area contributed by atoms with Crippen LogP contribution in [0.5, 0.6) is 5.75 Å². The number of rotatable bonds is 4. The Morgan fingerprint density at radius 1 is 1.65 bits per heavy atom. The lowest BCUT2D eigenvalue weighted by molar-refractivity contribution is -0.131. The largest absolute Gasteiger partial charge is 0.488 e. The molecule has 0 aliphatic heterocycles. The van der Waals surface area contributed by atoms with Gasteiger partial charge in [0.25, 0.3) is 0 Å². The van der Waals surface area contributed by atoms with E-state index in [4.69, 9.17) is 26.7 Å². The number of aliphatic carboxylic acids is 1. The number of nitriles is 1. The molecule has 0 aliphatic carbocycles. The van der Waals surface area contributed by atoms with Gasteiger partial charge in [-0.25, -0.2) is 4.79 Å². The second-order valence-electron chi connectivity index (χ2n) is 3.37. The summed E-state index contributed by atoms with van der Waals surface area (Å²) in [5.74, 6) is -0.596. The molecular formula is C12H10ClNO3. The van der Waals surface area contributed by atoms with Crippen molar-refractivity contribution in [3.8, 4) is 11.8 Å². The van der Waals surface area contributed by atoms with Crippen LogP contribution in [-0.2, 0) is 4.79 Å². The van der Waals surface area contributed by atoms with Gasteiger partial charge in [0, 0.05) is 6.08 Å². The number of halogens is 1. The Morgan fingerprint density at radius 2 is 2.35 bits per heavy atom. The Bertz CT molecular complexity index is 503. The van der Waals surface area contributed by atoms with Crippen molar-refractivity contribution >= 4 is 17.6 Å². The molecule has 1 N–H and O–H groups in total. The van der Waals surface area contributed by atoms with Gasteiger partial charge in [0.05, 0.1) is 16.7 Å². The van der Waals surface area contributed by atoms with E-state index in [1.54, 1.807) is 19.1 Å². The Balaban J connectivity index is 2.71. The predicted molar refractivity (Wildman–Crippen MR) is 63.1 cm³/mol. The first-order valence-electron chi connectivity index (χ1n) is 4.75. The van der Waals surface area contributed by atoms with Crippen molar-refractivity contribution in [2.75, 3.05) is 6.61 Å². The van der Waals surface area contributed by atoms with Crippen molar-refractivity contribution in [2.24, 2.45) is 0 Å². The highest BCUT2D eigenvalue weighted by atomic mass is 35.5. The SMILES string of the molecule is CC(=CC(=O)O)COc1ccc(C#N)cc1Cl. The number of hydrogen-bond donors (Lipinski definition) is 1. The first-order chi connectivity index (χ1) is 8.02. The normalized spacial score (nSPS) is 10.8. The lowest BCUT2D eigenvalue weighted by Gasteiger charge is -2.07. The Hall–Kier alpha value is -1.99. The van der Waals surface area contributed by atoms with Crippen LogP contribution < -0.4 is 4.74 Å². The van der Waals surface area contributed by atoms with Crippen molar-refractivity contribution in [3.63, 3.8) is 0 Å². The molecule has 0 saturated heterocycles. The van der Waals surface area contributed by atoms with Crippen molar-refractivity contribution in [1.82, 2.24) is 0 Å². The number of nitrogens with zero attached hydrogens (tertiary/aromatic N) is 1. The van der Waals surface area contributed by atoms with Gasteiger partial charge in [0.1, 0.15) is 12.4 Å². The van der Waals surface area contributed by atoms with Crippen LogP contribution in [-0.4, -0.2) is 17.7 Å². The second-order valence-corrected chi connectivity index (χ2v) is 3.78. The fraction of sp³-hybridized carbons (Fsp3) is 0.167. The number of ether oxygens (including phenoxy) is 1. The number of carboxylic acid groups (broad SMARTS) is 1. The lowest BCUT2D eigenvalue weighted by atomic mass is 10.2. The van der Waals surface area contributed by atoms with E-state index < -0.39 is 5.97 Å². The molecule has 1 aromatic carbocycles. The fourth-order valence-corrected chi connectivity index (χ4v) is 1.37. The quantitative estimate of drug-likeness (QED) is 0.835. The third-order valence-electron chi connectivity index (χ3n) is 1.89. The van der Waals surface area contributed by atoms with Crippen LogP contribution in [0.25, 0.3) is 0 Å². The van der Waals surface area contributed by atoms with Crippen LogP contribution in [0, 0.1) is 11.3 Å². The van der Waals surface area contributed by atoms with Crippen LogP contribution in [0.3, 0.4) is 0 Å². The van der Waals surface area contributed by atoms with Crippen molar-refractivity contribution in [2.45, 2.75) is 6.92 Å². The predicted octanol–water partition coefficient (Wildman–Crippen LogP) is 2.62. The van der Waals surface area contributed by atoms with E-state index in [0.717, 1.165) is 6.08 Å². The van der Waals surface area contributed by atoms with Gasteiger partial charge in [-0.05, 0) is 30.7 Å². The lowest BCUT2D eigenvalue weighted by Crippen LogP contribution is -2.01. The maximum Gasteiger partial charge on any atom is 0.328 e. The summed E-state index contributed by atoms with van der Waals surface area (Å²) in [6.45, 7) is 1.78. The summed E-state index contributed by atoms with van der Waals surface area (Å²) >= 11 is 5.89. The molecule has 1 rings (SSSR count). The molecule has 0 spiro atoms. The minimum atomic E-state index is -1.02. The van der Waals surface area contributed by atoms with Gasteiger partial charge in [0.15, 0.2) is 0 Å². The summed E-state index contributed by atoms with van der Waals surface area (Å²) in [5.41, 5.74) is 1.01. The Morgan fingerprint density at radius 3 is 2.88 bits per heavy atom. The van der Waals surface area contributed by atoms with Crippen molar-refractivity contribution in [3.05, 3.63) is 40.4 Å². The van der Waals surface area contributed by atoms with Crippen LogP contribution in [0.15, 0.2) is 29.8 Å². The third kappa shape index (κ3) is 4.17. The fourth-order valence-electron chi connectivity index (χ4n) is 1.13. The summed E-state index contributed by atoms with van der Waals surface area (Å²) in [6.07, 6.45) is 1.07. The van der Waals surface area contributed by atoms with E-state index in [-0.39, 0.29) is 6.61 Å². The van der Waals surface area contributed by atoms with Gasteiger partial charge < -0.3 is 9.84 Å². The highest BCUT2D eigenvalue weighted by molar-refractivity contribution is 6.32. The van der Waals surface area contributed by atoms with Gasteiger partial charge in [0.2, 0.25) is 0 Å². The number of benzene rings is 1. The zero-order chi connectivity index (χ0) is 12.8. The average Bonchev–Trinajstić information content (AvgIpc) is 2.26. The van der Waals surface area contributed by atoms with Gasteiger partial charge in [-0.2, -0.15) is 5.26 Å². The first-order valence-corrected chi connectivity index (χ1v) is 5.13. The minimum Gasteiger partial charge on any atom is -0.488 e. The highest BCUT2D eigenvalue weighted by Crippen LogP contribution is 2.25. The molecule has 0 bridgehead atoms. The second kappa shape index (κ2) is 5.92. The van der Waals surface area contributed by atoms with Gasteiger partial charge in [-0.3, -0.25) is 0 Å². The molecular weight excluding hydrogens is 242 g/mol. The summed E-state index contributed by atoms with van der Waals surface area (Å²) in [5, 5.41) is 17.5. The molecule has 0 unspecified atom stereocenters. The zero-order valence-corrected chi connectivity index (χ0v) is 9.86. The molecule has 0 radical (unpaired) electrons. The van der Waals surface area contributed by atoms with Crippen LogP contribution in [0.2, 0.25) is 5.02 Å². The monoisotopic (exact) mass is 251 g/mol. The number of carboxylic acids is 1. The summed E-state index contributed by atoms with van der Waals surface area (Å²) < 4.78 is 5.33. The van der Waals surface area contributed by atoms with Crippen molar-refractivity contribution in [1.29, 1.82) is 5.26 Å². The molecule has 5 heteroatoms. The first kappa shape index (κ1) is 13.1. The summed E-state index contributed by atoms with van der Waals surface area (Å²) in [6, 6.07) is 6.61. The molecule has 0 saturated carbocycles. The molecule has 1 aromatic rings. The molecule has 0 heterocycles. The molecule has 0 amide bonds. The topological polar surface area (TPSA) is 70.3 Å². The maximum atomic E-state index is 10.4. The molecule has 0 aromatic heterocycles. The highest BCUT2D eigenvalue weighted by Gasteiger charge is 2.03. The van der Waals surface area contributed by atoms with E-state index in [1.807, 2.05) is 6.07 Å². The van der Waals surface area contributed by atoms with Gasteiger partial charge in [-0.15, -0.1) is 0 Å². The van der Waals surface area contributed by atoms with Crippen LogP contribution >= 0.6 is 11.6 Å². The van der Waals surface area contributed by atoms with Crippen LogP contribution in [0.1, 0.15) is 12.5 Å². The van der Waals surface area contributed by atoms with Gasteiger partial charge >= 0.3 is 5.97 Å². The minimum absolute atomic E-state index is 0.137. The molecule has 0 atom stereocenters. The van der Waals surface area contributed by atoms with E-state index >= 15 is 0 Å². The molecule has 0 aliphatic rings.